The molecule has 0 aliphatic carbocycles. The maximum Gasteiger partial charge on any atom is 0.306 e. The van der Waals surface area contributed by atoms with Crippen LogP contribution in [0.1, 0.15) is 188 Å². The molecule has 0 aromatic rings. The van der Waals surface area contributed by atoms with Gasteiger partial charge in [0.1, 0.15) is 19.3 Å². The number of likely N-dealkylation sites (N-methyl/N-ethyl adjacent to an activating group) is 1. The van der Waals surface area contributed by atoms with E-state index in [-0.39, 0.29) is 25.4 Å². The number of amides is 1. The Hall–Kier alpha value is -3.59. The average molecular weight is 979 g/mol. The highest BCUT2D eigenvalue weighted by Gasteiger charge is 2.27. The van der Waals surface area contributed by atoms with Crippen LogP contribution in [0.25, 0.3) is 0 Å². The quantitative estimate of drug-likeness (QED) is 0.0161. The summed E-state index contributed by atoms with van der Waals surface area (Å²) < 4.78 is 30.1. The van der Waals surface area contributed by atoms with Gasteiger partial charge in [0.25, 0.3) is 7.82 Å². The van der Waals surface area contributed by atoms with Crippen molar-refractivity contribution >= 4 is 19.7 Å². The van der Waals surface area contributed by atoms with E-state index >= 15 is 0 Å². The van der Waals surface area contributed by atoms with Gasteiger partial charge in [-0.1, -0.05) is 226 Å². The molecule has 1 amide bonds. The van der Waals surface area contributed by atoms with Gasteiger partial charge in [-0.05, 0) is 70.3 Å². The fourth-order valence-electron chi connectivity index (χ4n) is 6.96. The smallest absolute Gasteiger partial charge is 0.306 e. The zero-order chi connectivity index (χ0) is 50.8. The number of unbranched alkanes of at least 4 members (excludes halogenated alkanes) is 19. The monoisotopic (exact) mass is 979 g/mol. The Balaban J connectivity index is 5.56. The van der Waals surface area contributed by atoms with E-state index in [1.165, 1.54) is 57.8 Å². The molecular weight excluding hydrogens is 880 g/mol. The number of carbonyl (C=O) groups excluding carboxylic acids is 2. The minimum Gasteiger partial charge on any atom is -0.756 e. The second-order valence-electron chi connectivity index (χ2n) is 18.8. The molecule has 0 aliphatic rings. The minimum absolute atomic E-state index is 0.0415. The molecule has 0 saturated carbocycles. The molecule has 0 fully saturated rings. The largest absolute Gasteiger partial charge is 0.756 e. The molecule has 1 N–H and O–H groups in total. The van der Waals surface area contributed by atoms with E-state index in [4.69, 9.17) is 13.8 Å². The molecule has 0 rings (SSSR count). The highest BCUT2D eigenvalue weighted by molar-refractivity contribution is 7.45. The summed E-state index contributed by atoms with van der Waals surface area (Å²) in [4.78, 5) is 39.8. The summed E-state index contributed by atoms with van der Waals surface area (Å²) in [7, 11) is 1.12. The highest BCUT2D eigenvalue weighted by Crippen LogP contribution is 2.38. The van der Waals surface area contributed by atoms with E-state index in [2.05, 4.69) is 62.5 Å². The molecule has 0 radical (unpaired) electrons. The van der Waals surface area contributed by atoms with Crippen LogP contribution in [0.15, 0.2) is 122 Å². The summed E-state index contributed by atoms with van der Waals surface area (Å²) in [6, 6.07) is -0.925. The van der Waals surface area contributed by atoms with Gasteiger partial charge in [0.15, 0.2) is 0 Å². The van der Waals surface area contributed by atoms with Gasteiger partial charge in [0, 0.05) is 12.8 Å². The van der Waals surface area contributed by atoms with Crippen molar-refractivity contribution in [2.45, 2.75) is 200 Å². The Bertz CT molecular complexity index is 1600. The highest BCUT2D eigenvalue weighted by atomic mass is 31.2. The van der Waals surface area contributed by atoms with Gasteiger partial charge in [0.05, 0.1) is 33.8 Å². The summed E-state index contributed by atoms with van der Waals surface area (Å²) in [5, 5.41) is 2.98. The zero-order valence-electron chi connectivity index (χ0n) is 44.5. The lowest BCUT2D eigenvalue weighted by Crippen LogP contribution is -2.47. The van der Waals surface area contributed by atoms with Crippen molar-refractivity contribution in [1.29, 1.82) is 0 Å². The summed E-state index contributed by atoms with van der Waals surface area (Å²) in [5.41, 5.74) is 0. The first-order valence-corrected chi connectivity index (χ1v) is 28.4. The van der Waals surface area contributed by atoms with Crippen LogP contribution in [0.2, 0.25) is 0 Å². The Kier molecular flexibility index (Phi) is 45.6. The first kappa shape index (κ1) is 65.4. The van der Waals surface area contributed by atoms with E-state index in [0.29, 0.717) is 23.9 Å². The van der Waals surface area contributed by atoms with Crippen molar-refractivity contribution in [3.8, 4) is 0 Å². The molecule has 392 valence electrons. The van der Waals surface area contributed by atoms with E-state index in [1.807, 2.05) is 100 Å². The molecule has 0 spiro atoms. The molecular formula is C59H99N2O7P. The third-order valence-corrected chi connectivity index (χ3v) is 12.1. The fourth-order valence-corrected chi connectivity index (χ4v) is 7.69. The molecule has 0 aromatic carbocycles. The van der Waals surface area contributed by atoms with Gasteiger partial charge < -0.3 is 28.5 Å². The van der Waals surface area contributed by atoms with Crippen LogP contribution in [0.3, 0.4) is 0 Å². The number of nitrogens with one attached hydrogen (secondary N) is 1. The van der Waals surface area contributed by atoms with Crippen LogP contribution < -0.4 is 10.2 Å². The van der Waals surface area contributed by atoms with Gasteiger partial charge >= 0.3 is 5.97 Å². The summed E-state index contributed by atoms with van der Waals surface area (Å²) >= 11 is 0. The maximum atomic E-state index is 13.4. The molecule has 0 aromatic heterocycles. The second kappa shape index (κ2) is 48.1. The van der Waals surface area contributed by atoms with E-state index in [1.54, 1.807) is 6.08 Å². The number of esters is 1. The average Bonchev–Trinajstić information content (AvgIpc) is 3.31. The molecule has 3 unspecified atom stereocenters. The van der Waals surface area contributed by atoms with Crippen LogP contribution in [0.4, 0.5) is 0 Å². The summed E-state index contributed by atoms with van der Waals surface area (Å²) in [6.07, 6.45) is 65.9. The number of rotatable bonds is 46. The van der Waals surface area contributed by atoms with Crippen molar-refractivity contribution < 1.29 is 37.3 Å². The maximum absolute atomic E-state index is 13.4. The van der Waals surface area contributed by atoms with Crippen molar-refractivity contribution in [3.63, 3.8) is 0 Å². The summed E-state index contributed by atoms with van der Waals surface area (Å²) in [5.74, 6) is -0.629. The number of hydrogen-bond donors (Lipinski definition) is 1. The standard InChI is InChI=1S/C59H99N2O7P/c1-7-10-13-16-19-22-25-28-29-30-31-34-37-40-43-46-49-52-59(63)68-57(50-47-44-41-38-35-32-26-23-20-17-14-11-8-2)56(55-67-69(64,65)66-54-53-61(4,5)6)60-58(62)51-48-45-42-39-36-33-27-24-21-18-15-12-9-3/h10,12-13,15-16,18-19,21-22,24-25,27-31,34,37,47,50,56-57H,7-9,11,14,17,20,23,26,32-33,35-36,38-46,48-49,51-55H2,1-6H3,(H-,60,62,64,65)/b13-10-,15-12+,19-16+,21-18+,25-22+,27-24-,29-28-,31-30+,37-34+,50-47+. The molecule has 0 aliphatic heterocycles. The fraction of sp³-hybridized carbons (Fsp3) is 0.627. The number of quaternary nitrogens is 1. The van der Waals surface area contributed by atoms with Gasteiger partial charge in [-0.2, -0.15) is 0 Å². The van der Waals surface area contributed by atoms with Crippen LogP contribution >= 0.6 is 7.82 Å². The lowest BCUT2D eigenvalue weighted by Gasteiger charge is -2.30. The normalized spacial score (nSPS) is 14.8. The SMILES string of the molecule is CC\C=C/C=C/C=C/C=C\C=C\C=C\CCCCCC(=O)OC(/C=C/CCCCCCCCCCCCC)C(COP(=O)([O-])OCC[N+](C)(C)C)NC(=O)CCCCCCC\C=C/C=C/C=C/CC. The molecule has 0 saturated heterocycles. The first-order chi connectivity index (χ1) is 33.4. The van der Waals surface area contributed by atoms with E-state index < -0.39 is 32.5 Å². The molecule has 9 nitrogen and oxygen atoms in total. The van der Waals surface area contributed by atoms with Crippen LogP contribution in [-0.2, 0) is 27.9 Å². The number of allylic oxidation sites excluding steroid dienone is 19. The molecule has 69 heavy (non-hydrogen) atoms. The Morgan fingerprint density at radius 2 is 0.928 bits per heavy atom. The first-order valence-electron chi connectivity index (χ1n) is 27.0. The van der Waals surface area contributed by atoms with Crippen LogP contribution in [0.5, 0.6) is 0 Å². The van der Waals surface area contributed by atoms with Crippen molar-refractivity contribution in [1.82, 2.24) is 5.32 Å². The van der Waals surface area contributed by atoms with Crippen LogP contribution in [0, 0.1) is 0 Å². The molecule has 3 atom stereocenters. The third kappa shape index (κ3) is 49.2. The predicted octanol–water partition coefficient (Wildman–Crippen LogP) is 15.4. The minimum atomic E-state index is -4.72. The number of phosphoric ester groups is 1. The van der Waals surface area contributed by atoms with Gasteiger partial charge in [-0.15, -0.1) is 0 Å². The topological polar surface area (TPSA) is 114 Å². The number of nitrogens with zero attached hydrogens (tertiary/aromatic N) is 1. The number of hydrogen-bond acceptors (Lipinski definition) is 7. The zero-order valence-corrected chi connectivity index (χ0v) is 45.4. The number of phosphoric acid groups is 1. The molecule has 0 bridgehead atoms. The third-order valence-electron chi connectivity index (χ3n) is 11.1. The summed E-state index contributed by atoms with van der Waals surface area (Å²) in [6.45, 7) is 6.48. The van der Waals surface area contributed by atoms with Crippen molar-refractivity contribution in [2.24, 2.45) is 0 Å². The predicted molar refractivity (Wildman–Crippen MR) is 293 cm³/mol. The molecule has 10 heteroatoms. The van der Waals surface area contributed by atoms with E-state index in [9.17, 15) is 19.0 Å². The molecule has 0 heterocycles. The van der Waals surface area contributed by atoms with E-state index in [0.717, 1.165) is 83.5 Å². The van der Waals surface area contributed by atoms with Gasteiger partial charge in [-0.3, -0.25) is 14.2 Å². The Labute approximate surface area is 423 Å². The Morgan fingerprint density at radius 1 is 0.522 bits per heavy atom. The van der Waals surface area contributed by atoms with Gasteiger partial charge in [-0.25, -0.2) is 0 Å². The lowest BCUT2D eigenvalue weighted by molar-refractivity contribution is -0.870. The number of carbonyl (C=O) groups is 2. The Morgan fingerprint density at radius 3 is 1.41 bits per heavy atom. The lowest BCUT2D eigenvalue weighted by atomic mass is 10.0. The van der Waals surface area contributed by atoms with Crippen molar-refractivity contribution in [2.75, 3.05) is 40.9 Å². The van der Waals surface area contributed by atoms with Crippen LogP contribution in [-0.4, -0.2) is 69.4 Å². The second-order valence-corrected chi connectivity index (χ2v) is 20.2. The van der Waals surface area contributed by atoms with Gasteiger partial charge in [0.2, 0.25) is 5.91 Å². The number of ether oxygens (including phenoxy) is 1. The van der Waals surface area contributed by atoms with Crippen molar-refractivity contribution in [3.05, 3.63) is 122 Å².